The van der Waals surface area contributed by atoms with Gasteiger partial charge in [0.2, 0.25) is 10.0 Å². The number of hydrogen-bond acceptors (Lipinski definition) is 3. The SMILES string of the molecule is Cc1ccc(N)c(S(=O)(=O)N(C)C2CC2)c1C. The molecule has 0 aromatic heterocycles. The highest BCUT2D eigenvalue weighted by atomic mass is 32.2. The monoisotopic (exact) mass is 254 g/mol. The van der Waals surface area contributed by atoms with Crippen LogP contribution in [0.2, 0.25) is 0 Å². The van der Waals surface area contributed by atoms with E-state index in [0.29, 0.717) is 5.69 Å². The fourth-order valence-electron chi connectivity index (χ4n) is 1.93. The first-order valence-electron chi connectivity index (χ1n) is 5.69. The van der Waals surface area contributed by atoms with Crippen molar-refractivity contribution in [3.63, 3.8) is 0 Å². The zero-order valence-electron chi connectivity index (χ0n) is 10.4. The Balaban J connectivity index is 2.56. The fraction of sp³-hybridized carbons (Fsp3) is 0.500. The summed E-state index contributed by atoms with van der Waals surface area (Å²) >= 11 is 0. The maximum atomic E-state index is 12.5. The molecule has 0 unspecified atom stereocenters. The van der Waals surface area contributed by atoms with Crippen molar-refractivity contribution in [3.8, 4) is 0 Å². The van der Waals surface area contributed by atoms with E-state index in [2.05, 4.69) is 0 Å². The largest absolute Gasteiger partial charge is 0.398 e. The maximum Gasteiger partial charge on any atom is 0.245 e. The Labute approximate surface area is 102 Å². The van der Waals surface area contributed by atoms with Crippen LogP contribution in [0.25, 0.3) is 0 Å². The summed E-state index contributed by atoms with van der Waals surface area (Å²) in [6.07, 6.45) is 1.89. The molecule has 1 aliphatic carbocycles. The molecule has 0 amide bonds. The van der Waals surface area contributed by atoms with Gasteiger partial charge in [0.15, 0.2) is 0 Å². The second-order valence-corrected chi connectivity index (χ2v) is 6.61. The number of rotatable bonds is 3. The van der Waals surface area contributed by atoms with E-state index in [-0.39, 0.29) is 10.9 Å². The molecule has 1 aromatic rings. The second kappa shape index (κ2) is 3.99. The summed E-state index contributed by atoms with van der Waals surface area (Å²) in [5.74, 6) is 0. The number of benzene rings is 1. The molecule has 1 aliphatic rings. The Hall–Kier alpha value is -1.07. The molecule has 2 N–H and O–H groups in total. The van der Waals surface area contributed by atoms with Gasteiger partial charge in [0, 0.05) is 13.1 Å². The Morgan fingerprint density at radius 1 is 1.29 bits per heavy atom. The molecular weight excluding hydrogens is 236 g/mol. The summed E-state index contributed by atoms with van der Waals surface area (Å²) in [4.78, 5) is 0.270. The van der Waals surface area contributed by atoms with Gasteiger partial charge in [-0.05, 0) is 43.9 Å². The van der Waals surface area contributed by atoms with Crippen molar-refractivity contribution in [2.24, 2.45) is 0 Å². The van der Waals surface area contributed by atoms with Gasteiger partial charge in [-0.15, -0.1) is 0 Å². The average Bonchev–Trinajstić information content (AvgIpc) is 3.06. The highest BCUT2D eigenvalue weighted by molar-refractivity contribution is 7.89. The number of sulfonamides is 1. The molecule has 94 valence electrons. The molecule has 5 heteroatoms. The van der Waals surface area contributed by atoms with Crippen molar-refractivity contribution in [2.75, 3.05) is 12.8 Å². The number of nitrogens with zero attached hydrogens (tertiary/aromatic N) is 1. The number of nitrogens with two attached hydrogens (primary N) is 1. The van der Waals surface area contributed by atoms with Crippen molar-refractivity contribution >= 4 is 15.7 Å². The van der Waals surface area contributed by atoms with E-state index in [1.54, 1.807) is 20.0 Å². The van der Waals surface area contributed by atoms with E-state index in [9.17, 15) is 8.42 Å². The average molecular weight is 254 g/mol. The van der Waals surface area contributed by atoms with Crippen LogP contribution < -0.4 is 5.73 Å². The molecule has 17 heavy (non-hydrogen) atoms. The molecule has 1 fully saturated rings. The van der Waals surface area contributed by atoms with Crippen molar-refractivity contribution in [2.45, 2.75) is 37.6 Å². The summed E-state index contributed by atoms with van der Waals surface area (Å²) in [6.45, 7) is 3.70. The highest BCUT2D eigenvalue weighted by Crippen LogP contribution is 2.34. The van der Waals surface area contributed by atoms with E-state index < -0.39 is 10.0 Å². The van der Waals surface area contributed by atoms with Crippen molar-refractivity contribution in [1.82, 2.24) is 4.31 Å². The van der Waals surface area contributed by atoms with Crippen LogP contribution in [0.4, 0.5) is 5.69 Å². The van der Waals surface area contributed by atoms with E-state index in [1.807, 2.05) is 13.0 Å². The lowest BCUT2D eigenvalue weighted by Crippen LogP contribution is -2.30. The van der Waals surface area contributed by atoms with E-state index in [0.717, 1.165) is 24.0 Å². The van der Waals surface area contributed by atoms with Gasteiger partial charge in [-0.2, -0.15) is 4.31 Å². The first-order valence-corrected chi connectivity index (χ1v) is 7.13. The fourth-order valence-corrected chi connectivity index (χ4v) is 3.74. The molecular formula is C12H18N2O2S. The number of nitrogen functional groups attached to an aromatic ring is 1. The van der Waals surface area contributed by atoms with Gasteiger partial charge in [-0.25, -0.2) is 8.42 Å². The third-order valence-electron chi connectivity index (χ3n) is 3.41. The molecule has 1 aromatic carbocycles. The van der Waals surface area contributed by atoms with Gasteiger partial charge >= 0.3 is 0 Å². The molecule has 0 heterocycles. The lowest BCUT2D eigenvalue weighted by atomic mass is 10.1. The second-order valence-electron chi connectivity index (χ2n) is 4.68. The van der Waals surface area contributed by atoms with Crippen LogP contribution in [0.5, 0.6) is 0 Å². The molecule has 0 bridgehead atoms. The number of aryl methyl sites for hydroxylation is 1. The van der Waals surface area contributed by atoms with Crippen molar-refractivity contribution in [3.05, 3.63) is 23.3 Å². The normalized spacial score (nSPS) is 16.5. The van der Waals surface area contributed by atoms with Gasteiger partial charge < -0.3 is 5.73 Å². The molecule has 0 aliphatic heterocycles. The van der Waals surface area contributed by atoms with Crippen molar-refractivity contribution < 1.29 is 8.42 Å². The molecule has 0 atom stereocenters. The van der Waals surface area contributed by atoms with Crippen LogP contribution in [-0.2, 0) is 10.0 Å². The highest BCUT2D eigenvalue weighted by Gasteiger charge is 2.36. The summed E-state index contributed by atoms with van der Waals surface area (Å²) in [7, 11) is -1.82. The van der Waals surface area contributed by atoms with E-state index in [1.165, 1.54) is 4.31 Å². The van der Waals surface area contributed by atoms with E-state index >= 15 is 0 Å². The minimum atomic E-state index is -3.45. The smallest absolute Gasteiger partial charge is 0.245 e. The molecule has 4 nitrogen and oxygen atoms in total. The summed E-state index contributed by atoms with van der Waals surface area (Å²) in [6, 6.07) is 3.66. The molecule has 0 saturated heterocycles. The van der Waals surface area contributed by atoms with E-state index in [4.69, 9.17) is 5.73 Å². The zero-order valence-corrected chi connectivity index (χ0v) is 11.2. The van der Waals surface area contributed by atoms with Crippen LogP contribution >= 0.6 is 0 Å². The first kappa shape index (κ1) is 12.4. The number of anilines is 1. The first-order chi connectivity index (χ1) is 7.85. The predicted molar refractivity (Wildman–Crippen MR) is 68.3 cm³/mol. The van der Waals surface area contributed by atoms with Crippen LogP contribution in [0.15, 0.2) is 17.0 Å². The van der Waals surface area contributed by atoms with Crippen LogP contribution in [0.1, 0.15) is 24.0 Å². The molecule has 2 rings (SSSR count). The Kier molecular flexibility index (Phi) is 2.91. The number of hydrogen-bond donors (Lipinski definition) is 1. The molecule has 1 saturated carbocycles. The topological polar surface area (TPSA) is 63.4 Å². The third kappa shape index (κ3) is 2.05. The molecule has 0 spiro atoms. The lowest BCUT2D eigenvalue weighted by Gasteiger charge is -2.20. The Morgan fingerprint density at radius 2 is 1.88 bits per heavy atom. The minimum absolute atomic E-state index is 0.152. The van der Waals surface area contributed by atoms with Crippen molar-refractivity contribution in [1.29, 1.82) is 0 Å². The van der Waals surface area contributed by atoms with Gasteiger partial charge in [0.1, 0.15) is 4.90 Å². The van der Waals surface area contributed by atoms with Crippen LogP contribution in [0.3, 0.4) is 0 Å². The van der Waals surface area contributed by atoms with Crippen LogP contribution in [-0.4, -0.2) is 25.8 Å². The van der Waals surface area contributed by atoms with Gasteiger partial charge in [0.05, 0.1) is 5.69 Å². The Morgan fingerprint density at radius 3 is 2.41 bits per heavy atom. The lowest BCUT2D eigenvalue weighted by molar-refractivity contribution is 0.464. The summed E-state index contributed by atoms with van der Waals surface area (Å²) < 4.78 is 26.4. The Bertz CT molecular complexity index is 548. The van der Waals surface area contributed by atoms with Gasteiger partial charge in [-0.3, -0.25) is 0 Å². The zero-order chi connectivity index (χ0) is 12.8. The quantitative estimate of drug-likeness (QED) is 0.834. The minimum Gasteiger partial charge on any atom is -0.398 e. The van der Waals surface area contributed by atoms with Gasteiger partial charge in [-0.1, -0.05) is 6.07 Å². The third-order valence-corrected chi connectivity index (χ3v) is 5.52. The standard InChI is InChI=1S/C12H18N2O2S/c1-8-4-7-11(13)12(9(8)2)17(15,16)14(3)10-5-6-10/h4,7,10H,5-6,13H2,1-3H3. The summed E-state index contributed by atoms with van der Waals surface area (Å²) in [5.41, 5.74) is 7.86. The molecule has 0 radical (unpaired) electrons. The van der Waals surface area contributed by atoms with Crippen LogP contribution in [0, 0.1) is 13.8 Å². The van der Waals surface area contributed by atoms with Gasteiger partial charge in [0.25, 0.3) is 0 Å². The predicted octanol–water partition coefficient (Wildman–Crippen LogP) is 1.67. The summed E-state index contributed by atoms with van der Waals surface area (Å²) in [5, 5.41) is 0. The maximum absolute atomic E-state index is 12.5.